The number of aldehydes is 1. The molecule has 2 rings (SSSR count). The van der Waals surface area contributed by atoms with Gasteiger partial charge in [-0.05, 0) is 18.6 Å². The van der Waals surface area contributed by atoms with E-state index >= 15 is 0 Å². The molecule has 66 valence electrons. The molecule has 0 N–H and O–H groups in total. The maximum Gasteiger partial charge on any atom is 0.154 e. The molecule has 0 bridgehead atoms. The van der Waals surface area contributed by atoms with Crippen molar-refractivity contribution >= 4 is 29.1 Å². The first-order chi connectivity index (χ1) is 6.22. The van der Waals surface area contributed by atoms with E-state index in [1.165, 1.54) is 10.3 Å². The number of carbonyl (C=O) groups is 1. The fourth-order valence-electron chi connectivity index (χ4n) is 1.30. The van der Waals surface area contributed by atoms with E-state index in [9.17, 15) is 4.79 Å². The summed E-state index contributed by atoms with van der Waals surface area (Å²) in [6.45, 7) is 1.93. The third-order valence-corrected chi connectivity index (χ3v) is 2.22. The van der Waals surface area contributed by atoms with Gasteiger partial charge in [0.1, 0.15) is 0 Å². The average Bonchev–Trinajstić information content (AvgIpc) is 2.42. The van der Waals surface area contributed by atoms with E-state index in [0.717, 1.165) is 17.2 Å². The first kappa shape index (κ1) is 8.26. The van der Waals surface area contributed by atoms with E-state index in [4.69, 9.17) is 11.8 Å². The van der Waals surface area contributed by atoms with Crippen molar-refractivity contribution in [3.05, 3.63) is 29.6 Å². The third-order valence-electron chi connectivity index (χ3n) is 1.96. The molecule has 13 heavy (non-hydrogen) atoms. The Kier molecular flexibility index (Phi) is 1.81. The number of pyridine rings is 1. The van der Waals surface area contributed by atoms with Gasteiger partial charge < -0.3 is 0 Å². The van der Waals surface area contributed by atoms with Crippen molar-refractivity contribution in [2.75, 3.05) is 0 Å². The zero-order valence-electron chi connectivity index (χ0n) is 6.99. The predicted molar refractivity (Wildman–Crippen MR) is 51.1 cm³/mol. The largest absolute Gasteiger partial charge is 0.298 e. The highest BCUT2D eigenvalue weighted by Gasteiger charge is 2.05. The Morgan fingerprint density at radius 2 is 2.38 bits per heavy atom. The van der Waals surface area contributed by atoms with Gasteiger partial charge in [0.25, 0.3) is 0 Å². The molecule has 0 aliphatic heterocycles. The second kappa shape index (κ2) is 2.85. The zero-order valence-corrected chi connectivity index (χ0v) is 7.75. The maximum absolute atomic E-state index is 10.5. The van der Waals surface area contributed by atoms with E-state index in [1.54, 1.807) is 12.3 Å². The minimum Gasteiger partial charge on any atom is -0.298 e. The Labute approximate surface area is 80.1 Å². The summed E-state index contributed by atoms with van der Waals surface area (Å²) in [5.74, 6) is 0. The topological polar surface area (TPSA) is 34.9 Å². The van der Waals surface area contributed by atoms with Crippen molar-refractivity contribution in [2.45, 2.75) is 6.92 Å². The van der Waals surface area contributed by atoms with E-state index in [-0.39, 0.29) is 0 Å². The van der Waals surface area contributed by atoms with Gasteiger partial charge in [-0.15, -0.1) is 0 Å². The van der Waals surface area contributed by atoms with Crippen LogP contribution in [0.1, 0.15) is 15.9 Å². The Morgan fingerprint density at radius 3 is 3.08 bits per heavy atom. The number of nitrogens with zero attached hydrogens (tertiary/aromatic N) is 2. The van der Waals surface area contributed by atoms with Gasteiger partial charge in [-0.25, -0.2) is 9.07 Å². The molecule has 0 aliphatic rings. The van der Waals surface area contributed by atoms with Gasteiger partial charge in [0.2, 0.25) is 0 Å². The lowest BCUT2D eigenvalue weighted by molar-refractivity contribution is 0.112. The van der Waals surface area contributed by atoms with Crippen LogP contribution in [0.4, 0.5) is 0 Å². The summed E-state index contributed by atoms with van der Waals surface area (Å²) in [6, 6.07) is 1.78. The number of hydrogen-bond donors (Lipinski definition) is 0. The smallest absolute Gasteiger partial charge is 0.154 e. The fourth-order valence-corrected chi connectivity index (χ4v) is 1.58. The number of hydrogen-bond acceptors (Lipinski definition) is 2. The maximum atomic E-state index is 10.5. The van der Waals surface area contributed by atoms with Crippen LogP contribution in [0.2, 0.25) is 0 Å². The highest BCUT2D eigenvalue weighted by atomic mass is 35.5. The van der Waals surface area contributed by atoms with E-state index in [2.05, 4.69) is 4.98 Å². The molecule has 0 saturated carbocycles. The lowest BCUT2D eigenvalue weighted by Crippen LogP contribution is -1.85. The zero-order chi connectivity index (χ0) is 9.42. The number of fused-ring (bicyclic) bond motifs is 1. The van der Waals surface area contributed by atoms with Crippen molar-refractivity contribution in [1.29, 1.82) is 0 Å². The van der Waals surface area contributed by atoms with Gasteiger partial charge in [0.05, 0.1) is 0 Å². The third kappa shape index (κ3) is 1.21. The Balaban J connectivity index is 2.83. The molecule has 0 radical (unpaired) electrons. The van der Waals surface area contributed by atoms with Crippen molar-refractivity contribution in [3.8, 4) is 0 Å². The van der Waals surface area contributed by atoms with Gasteiger partial charge in [0, 0.05) is 35.1 Å². The summed E-state index contributed by atoms with van der Waals surface area (Å²) in [5.41, 5.74) is 2.27. The predicted octanol–water partition coefficient (Wildman–Crippen LogP) is 2.16. The van der Waals surface area contributed by atoms with E-state index < -0.39 is 0 Å². The molecule has 0 aliphatic carbocycles. The van der Waals surface area contributed by atoms with Crippen LogP contribution in [-0.4, -0.2) is 15.4 Å². The second-order valence-corrected chi connectivity index (χ2v) is 3.25. The van der Waals surface area contributed by atoms with E-state index in [1.807, 2.05) is 6.92 Å². The van der Waals surface area contributed by atoms with Crippen LogP contribution in [-0.2, 0) is 0 Å². The Bertz CT molecular complexity index is 476. The summed E-state index contributed by atoms with van der Waals surface area (Å²) >= 11 is 5.84. The Hall–Kier alpha value is -1.35. The number of halogens is 1. The van der Waals surface area contributed by atoms with Crippen LogP contribution in [0.25, 0.3) is 11.0 Å². The fraction of sp³-hybridized carbons (Fsp3) is 0.111. The van der Waals surface area contributed by atoms with Gasteiger partial charge in [-0.1, -0.05) is 0 Å². The number of aryl methyl sites for hydroxylation is 1. The Morgan fingerprint density at radius 1 is 1.62 bits per heavy atom. The molecule has 0 saturated heterocycles. The minimum absolute atomic E-state index is 0.568. The van der Waals surface area contributed by atoms with Crippen LogP contribution in [0.3, 0.4) is 0 Å². The summed E-state index contributed by atoms with van der Waals surface area (Å²) < 4.78 is 1.43. The lowest BCUT2D eigenvalue weighted by Gasteiger charge is -1.93. The monoisotopic (exact) mass is 194 g/mol. The van der Waals surface area contributed by atoms with E-state index in [0.29, 0.717) is 11.2 Å². The van der Waals surface area contributed by atoms with Crippen LogP contribution < -0.4 is 0 Å². The number of carbonyl (C=O) groups excluding carboxylic acids is 1. The van der Waals surface area contributed by atoms with Crippen LogP contribution >= 0.6 is 11.8 Å². The van der Waals surface area contributed by atoms with Crippen molar-refractivity contribution in [2.24, 2.45) is 0 Å². The lowest BCUT2D eigenvalue weighted by atomic mass is 10.2. The molecule has 0 aromatic carbocycles. The second-order valence-electron chi connectivity index (χ2n) is 2.88. The summed E-state index contributed by atoms with van der Waals surface area (Å²) in [5, 5.41) is 0.916. The first-order valence-electron chi connectivity index (χ1n) is 3.81. The normalized spacial score (nSPS) is 10.6. The molecule has 4 heteroatoms. The van der Waals surface area contributed by atoms with Crippen molar-refractivity contribution in [3.63, 3.8) is 0 Å². The molecule has 2 aromatic rings. The highest BCUT2D eigenvalue weighted by molar-refractivity contribution is 6.19. The SMILES string of the molecule is Cc1cn(Cl)c2ncc(C=O)cc12. The van der Waals surface area contributed by atoms with Crippen LogP contribution in [0.15, 0.2) is 18.5 Å². The number of rotatable bonds is 1. The van der Waals surface area contributed by atoms with Gasteiger partial charge >= 0.3 is 0 Å². The summed E-state index contributed by atoms with van der Waals surface area (Å²) in [7, 11) is 0. The van der Waals surface area contributed by atoms with Crippen molar-refractivity contribution < 1.29 is 4.79 Å². The summed E-state index contributed by atoms with van der Waals surface area (Å²) in [4.78, 5) is 14.6. The number of aromatic nitrogens is 2. The molecule has 3 nitrogen and oxygen atoms in total. The van der Waals surface area contributed by atoms with Gasteiger partial charge in [0.15, 0.2) is 11.9 Å². The first-order valence-corrected chi connectivity index (χ1v) is 4.15. The average molecular weight is 195 g/mol. The molecule has 0 atom stereocenters. The molecule has 2 aromatic heterocycles. The summed E-state index contributed by atoms with van der Waals surface area (Å²) in [6.07, 6.45) is 4.05. The molecule has 0 unspecified atom stereocenters. The van der Waals surface area contributed by atoms with Gasteiger partial charge in [-0.3, -0.25) is 4.79 Å². The van der Waals surface area contributed by atoms with Crippen LogP contribution in [0, 0.1) is 6.92 Å². The van der Waals surface area contributed by atoms with Gasteiger partial charge in [-0.2, -0.15) is 0 Å². The molecule has 0 fully saturated rings. The highest BCUT2D eigenvalue weighted by Crippen LogP contribution is 2.20. The molecule has 2 heterocycles. The molecule has 0 amide bonds. The minimum atomic E-state index is 0.568. The molecule has 0 spiro atoms. The standard InChI is InChI=1S/C9H7ClN2O/c1-6-4-12(10)9-8(6)2-7(5-13)3-11-9/h2-5H,1H3. The van der Waals surface area contributed by atoms with Crippen molar-refractivity contribution in [1.82, 2.24) is 9.07 Å². The van der Waals surface area contributed by atoms with Crippen LogP contribution in [0.5, 0.6) is 0 Å². The molecular formula is C9H7ClN2O. The molecular weight excluding hydrogens is 188 g/mol. The quantitative estimate of drug-likeness (QED) is 0.652.